The van der Waals surface area contributed by atoms with E-state index in [1.165, 1.54) is 0 Å². The number of carbonyl (C=O) groups is 6. The monoisotopic (exact) mass is 536 g/mol. The number of nitrogens with one attached hydrogen (secondary N) is 4. The van der Waals surface area contributed by atoms with Crippen molar-refractivity contribution in [2.24, 2.45) is 0 Å². The number of hydrogen-bond donors (Lipinski definition) is 9. The average Bonchev–Trinajstić information content (AvgIpc) is 2.76. The van der Waals surface area contributed by atoms with Crippen LogP contribution in [0, 0.1) is 0 Å². The maximum absolute atomic E-state index is 11.9. The minimum absolute atomic E-state index is 0.706. The van der Waals surface area contributed by atoms with E-state index < -0.39 is 97.0 Å². The number of carboxylic acid groups (broad SMARTS) is 2. The van der Waals surface area contributed by atoms with Crippen LogP contribution in [0.3, 0.4) is 0 Å². The molecule has 0 bridgehead atoms. The molecule has 1 aliphatic rings. The van der Waals surface area contributed by atoms with Crippen LogP contribution in [-0.4, -0.2) is 123 Å². The summed E-state index contributed by atoms with van der Waals surface area (Å²) in [7, 11) is 0. The van der Waals surface area contributed by atoms with E-state index in [1.54, 1.807) is 0 Å². The standard InChI is InChI=1S/C20H32N4O13/c1-6(26)21-10(5-25)11(22-7(2)27)16(15(31)18(32)33)36-20-13(24-9(4)29)12(23-8(3)28)14(30)17(37-20)19(34)35/h10-17,20,25,30-31H,5H2,1-4H3,(H,21,26)(H,22,27)(H,23,28)(H,24,29)(H,32,33)(H,34,35)/t10-,11+,12+,13-,14-,15-,16-,17-,20+/m0/s1. The van der Waals surface area contributed by atoms with Crippen LogP contribution in [-0.2, 0) is 38.2 Å². The minimum Gasteiger partial charge on any atom is -0.479 e. The molecule has 210 valence electrons. The highest BCUT2D eigenvalue weighted by molar-refractivity contribution is 5.78. The van der Waals surface area contributed by atoms with Crippen molar-refractivity contribution in [3.05, 3.63) is 0 Å². The van der Waals surface area contributed by atoms with Crippen LogP contribution in [0.4, 0.5) is 0 Å². The van der Waals surface area contributed by atoms with Gasteiger partial charge in [0.05, 0.1) is 24.7 Å². The zero-order chi connectivity index (χ0) is 28.6. The summed E-state index contributed by atoms with van der Waals surface area (Å²) < 4.78 is 10.9. The van der Waals surface area contributed by atoms with Gasteiger partial charge in [0.1, 0.15) is 18.2 Å². The van der Waals surface area contributed by atoms with Crippen molar-refractivity contribution in [2.75, 3.05) is 6.61 Å². The summed E-state index contributed by atoms with van der Waals surface area (Å²) in [6.45, 7) is 3.29. The third-order valence-electron chi connectivity index (χ3n) is 5.22. The molecule has 9 N–H and O–H groups in total. The molecule has 1 rings (SSSR count). The summed E-state index contributed by atoms with van der Waals surface area (Å²) in [6, 6.07) is -6.14. The average molecular weight is 536 g/mol. The number of aliphatic carboxylic acids is 2. The normalized spacial score (nSPS) is 26.5. The highest BCUT2D eigenvalue weighted by atomic mass is 16.7. The van der Waals surface area contributed by atoms with Crippen LogP contribution in [0.15, 0.2) is 0 Å². The second-order valence-electron chi connectivity index (χ2n) is 8.31. The molecule has 0 aromatic rings. The molecule has 0 unspecified atom stereocenters. The quantitative estimate of drug-likeness (QED) is 0.113. The first-order valence-corrected chi connectivity index (χ1v) is 10.9. The first-order chi connectivity index (χ1) is 17.1. The Hall–Kier alpha value is -3.38. The SMILES string of the molecule is CC(=O)N[C@@H]1[C@H](O[C@@H]([C@H](NC(C)=O)[C@H](CO)NC(C)=O)[C@H](O)C(=O)O)O[C@H](C(=O)O)[C@@H](O)[C@@H]1NC(C)=O. The van der Waals surface area contributed by atoms with E-state index >= 15 is 0 Å². The molecule has 1 saturated heterocycles. The Kier molecular flexibility index (Phi) is 11.8. The molecule has 1 fully saturated rings. The maximum Gasteiger partial charge on any atom is 0.335 e. The van der Waals surface area contributed by atoms with Crippen molar-refractivity contribution in [2.45, 2.75) is 82.6 Å². The highest BCUT2D eigenvalue weighted by Crippen LogP contribution is 2.26. The van der Waals surface area contributed by atoms with Gasteiger partial charge in [0.15, 0.2) is 18.5 Å². The molecule has 0 spiro atoms. The molecule has 0 radical (unpaired) electrons. The Morgan fingerprint density at radius 1 is 0.865 bits per heavy atom. The van der Waals surface area contributed by atoms with E-state index in [4.69, 9.17) is 9.47 Å². The molecule has 0 aliphatic carbocycles. The Labute approximate surface area is 210 Å². The second-order valence-corrected chi connectivity index (χ2v) is 8.31. The topological polar surface area (TPSA) is 270 Å². The number of rotatable bonds is 12. The van der Waals surface area contributed by atoms with Gasteiger partial charge in [-0.25, -0.2) is 9.59 Å². The van der Waals surface area contributed by atoms with E-state index in [1.807, 2.05) is 0 Å². The summed E-state index contributed by atoms with van der Waals surface area (Å²) in [5, 5.41) is 58.9. The van der Waals surface area contributed by atoms with Crippen molar-refractivity contribution < 1.29 is 63.8 Å². The Morgan fingerprint density at radius 3 is 1.78 bits per heavy atom. The lowest BCUT2D eigenvalue weighted by Gasteiger charge is -2.46. The molecule has 1 aliphatic heterocycles. The first kappa shape index (κ1) is 31.6. The molecule has 4 amide bonds. The molecule has 0 saturated carbocycles. The number of hydrogen-bond acceptors (Lipinski definition) is 11. The summed E-state index contributed by atoms with van der Waals surface area (Å²) in [5.41, 5.74) is 0. The van der Waals surface area contributed by atoms with E-state index in [0.717, 1.165) is 27.7 Å². The van der Waals surface area contributed by atoms with Gasteiger partial charge in [0.25, 0.3) is 0 Å². The van der Waals surface area contributed by atoms with Crippen molar-refractivity contribution in [1.29, 1.82) is 0 Å². The molecule has 17 heteroatoms. The Bertz CT molecular complexity index is 884. The Morgan fingerprint density at radius 2 is 1.38 bits per heavy atom. The fourth-order valence-corrected chi connectivity index (χ4v) is 3.81. The van der Waals surface area contributed by atoms with Gasteiger partial charge < -0.3 is 56.3 Å². The van der Waals surface area contributed by atoms with E-state index in [2.05, 4.69) is 21.3 Å². The fraction of sp³-hybridized carbons (Fsp3) is 0.700. The number of aliphatic hydroxyl groups is 3. The number of aliphatic hydroxyl groups excluding tert-OH is 3. The predicted octanol–water partition coefficient (Wildman–Crippen LogP) is -5.00. The lowest BCUT2D eigenvalue weighted by molar-refractivity contribution is -0.270. The van der Waals surface area contributed by atoms with Crippen LogP contribution in [0.1, 0.15) is 27.7 Å². The molecule has 37 heavy (non-hydrogen) atoms. The first-order valence-electron chi connectivity index (χ1n) is 10.9. The maximum atomic E-state index is 11.9. The van der Waals surface area contributed by atoms with Crippen LogP contribution >= 0.6 is 0 Å². The van der Waals surface area contributed by atoms with Gasteiger partial charge in [-0.1, -0.05) is 0 Å². The number of ether oxygens (including phenoxy) is 2. The van der Waals surface area contributed by atoms with Crippen molar-refractivity contribution >= 4 is 35.6 Å². The number of carbonyl (C=O) groups excluding carboxylic acids is 4. The molecular weight excluding hydrogens is 504 g/mol. The lowest BCUT2D eigenvalue weighted by atomic mass is 9.92. The van der Waals surface area contributed by atoms with E-state index in [0.29, 0.717) is 0 Å². The van der Waals surface area contributed by atoms with Crippen LogP contribution in [0.25, 0.3) is 0 Å². The molecule has 0 aromatic carbocycles. The van der Waals surface area contributed by atoms with Crippen LogP contribution in [0.2, 0.25) is 0 Å². The van der Waals surface area contributed by atoms with Gasteiger partial charge in [0.2, 0.25) is 23.6 Å². The Balaban J connectivity index is 3.64. The molecule has 0 aromatic heterocycles. The van der Waals surface area contributed by atoms with Crippen LogP contribution in [0.5, 0.6) is 0 Å². The van der Waals surface area contributed by atoms with Gasteiger partial charge in [0, 0.05) is 27.7 Å². The van der Waals surface area contributed by atoms with E-state index in [-0.39, 0.29) is 0 Å². The van der Waals surface area contributed by atoms with Gasteiger partial charge in [-0.3, -0.25) is 19.2 Å². The smallest absolute Gasteiger partial charge is 0.335 e. The summed E-state index contributed by atoms with van der Waals surface area (Å²) in [4.78, 5) is 70.6. The summed E-state index contributed by atoms with van der Waals surface area (Å²) >= 11 is 0. The zero-order valence-electron chi connectivity index (χ0n) is 20.4. The summed E-state index contributed by atoms with van der Waals surface area (Å²) in [6.07, 6.45) is -10.4. The van der Waals surface area contributed by atoms with Gasteiger partial charge in [-0.2, -0.15) is 0 Å². The zero-order valence-corrected chi connectivity index (χ0v) is 20.4. The second kappa shape index (κ2) is 13.8. The minimum atomic E-state index is -2.46. The number of amides is 4. The van der Waals surface area contributed by atoms with Crippen molar-refractivity contribution in [3.8, 4) is 0 Å². The lowest BCUT2D eigenvalue weighted by Crippen LogP contribution is -2.71. The van der Waals surface area contributed by atoms with Gasteiger partial charge >= 0.3 is 11.9 Å². The summed E-state index contributed by atoms with van der Waals surface area (Å²) in [5.74, 6) is -6.58. The molecule has 1 heterocycles. The van der Waals surface area contributed by atoms with Crippen LogP contribution < -0.4 is 21.3 Å². The third-order valence-corrected chi connectivity index (χ3v) is 5.22. The number of carboxylic acids is 2. The van der Waals surface area contributed by atoms with Crippen molar-refractivity contribution in [1.82, 2.24) is 21.3 Å². The highest BCUT2D eigenvalue weighted by Gasteiger charge is 2.52. The molecule has 17 nitrogen and oxygen atoms in total. The molecule has 9 atom stereocenters. The third kappa shape index (κ3) is 8.90. The predicted molar refractivity (Wildman–Crippen MR) is 118 cm³/mol. The molecular formula is C20H32N4O13. The van der Waals surface area contributed by atoms with E-state index in [9.17, 15) is 54.3 Å². The van der Waals surface area contributed by atoms with Crippen molar-refractivity contribution in [3.63, 3.8) is 0 Å². The fourth-order valence-electron chi connectivity index (χ4n) is 3.81. The largest absolute Gasteiger partial charge is 0.479 e. The van der Waals surface area contributed by atoms with Gasteiger partial charge in [-0.15, -0.1) is 0 Å². The van der Waals surface area contributed by atoms with Gasteiger partial charge in [-0.05, 0) is 0 Å².